The first-order valence-corrected chi connectivity index (χ1v) is 13.3. The van der Waals surface area contributed by atoms with Gasteiger partial charge in [0.15, 0.2) is 0 Å². The smallest absolute Gasteiger partial charge is 0.0228 e. The zero-order chi connectivity index (χ0) is 22.7. The van der Waals surface area contributed by atoms with Crippen molar-refractivity contribution in [2.75, 3.05) is 0 Å². The van der Waals surface area contributed by atoms with Gasteiger partial charge in [0.25, 0.3) is 0 Å². The SMILES string of the molecule is CCCC[C@H](C)C[C@@H](C)C[C@@H](C)CCC[C@H](S)[C@@H](CCC)[C@H](C)CCC.[2H]CC. The fourth-order valence-corrected chi connectivity index (χ4v) is 5.63. The van der Waals surface area contributed by atoms with Gasteiger partial charge in [0.05, 0.1) is 0 Å². The van der Waals surface area contributed by atoms with Crippen LogP contribution in [-0.2, 0) is 0 Å². The van der Waals surface area contributed by atoms with Gasteiger partial charge in [-0.25, -0.2) is 0 Å². The largest absolute Gasteiger partial charge is 0.176 e. The third kappa shape index (κ3) is 16.2. The van der Waals surface area contributed by atoms with Crippen molar-refractivity contribution >= 4 is 12.6 Å². The van der Waals surface area contributed by atoms with E-state index < -0.39 is 0 Å². The number of thiol groups is 1. The summed E-state index contributed by atoms with van der Waals surface area (Å²) in [6.45, 7) is 19.1. The van der Waals surface area contributed by atoms with Crippen LogP contribution in [0.1, 0.15) is 141 Å². The summed E-state index contributed by atoms with van der Waals surface area (Å²) in [6, 6.07) is 0. The van der Waals surface area contributed by atoms with Crippen molar-refractivity contribution in [3.05, 3.63) is 0 Å². The molecule has 0 fully saturated rings. The van der Waals surface area contributed by atoms with E-state index in [1.54, 1.807) is 6.92 Å². The zero-order valence-electron chi connectivity index (χ0n) is 22.1. The molecular formula is C27H58S. The van der Waals surface area contributed by atoms with Crippen LogP contribution in [0.25, 0.3) is 0 Å². The molecule has 6 atom stereocenters. The van der Waals surface area contributed by atoms with Crippen LogP contribution in [0, 0.1) is 29.6 Å². The summed E-state index contributed by atoms with van der Waals surface area (Å²) in [5, 5.41) is 0.607. The molecule has 0 aliphatic rings. The van der Waals surface area contributed by atoms with Crippen LogP contribution in [0.5, 0.6) is 0 Å². The maximum atomic E-state index is 6.21. The molecule has 0 radical (unpaired) electrons. The van der Waals surface area contributed by atoms with E-state index >= 15 is 0 Å². The van der Waals surface area contributed by atoms with Gasteiger partial charge in [0.2, 0.25) is 0 Å². The molecule has 0 amide bonds. The summed E-state index contributed by atoms with van der Waals surface area (Å²) in [7, 11) is 0. The highest BCUT2D eigenvalue weighted by Gasteiger charge is 2.23. The van der Waals surface area contributed by atoms with E-state index in [1.165, 1.54) is 77.0 Å². The lowest BCUT2D eigenvalue weighted by Crippen LogP contribution is -2.23. The lowest BCUT2D eigenvalue weighted by molar-refractivity contribution is 0.286. The van der Waals surface area contributed by atoms with Gasteiger partial charge < -0.3 is 0 Å². The van der Waals surface area contributed by atoms with Crippen molar-refractivity contribution in [3.63, 3.8) is 0 Å². The van der Waals surface area contributed by atoms with Crippen LogP contribution in [0.3, 0.4) is 0 Å². The fourth-order valence-electron chi connectivity index (χ4n) is 5.01. The van der Waals surface area contributed by atoms with Crippen LogP contribution in [0.4, 0.5) is 0 Å². The molecular weight excluding hydrogens is 356 g/mol. The summed E-state index contributed by atoms with van der Waals surface area (Å²) in [4.78, 5) is 0. The summed E-state index contributed by atoms with van der Waals surface area (Å²) < 4.78 is 6.21. The summed E-state index contributed by atoms with van der Waals surface area (Å²) in [5.41, 5.74) is 0. The van der Waals surface area contributed by atoms with Gasteiger partial charge in [0, 0.05) is 6.62 Å². The molecule has 0 bridgehead atoms. The molecule has 28 heavy (non-hydrogen) atoms. The number of unbranched alkanes of at least 4 members (excludes halogenated alkanes) is 1. The van der Waals surface area contributed by atoms with Crippen LogP contribution >= 0.6 is 12.6 Å². The van der Waals surface area contributed by atoms with Crippen molar-refractivity contribution in [1.29, 1.82) is 0 Å². The lowest BCUT2D eigenvalue weighted by Gasteiger charge is -2.29. The number of hydrogen-bond donors (Lipinski definition) is 1. The molecule has 0 nitrogen and oxygen atoms in total. The van der Waals surface area contributed by atoms with Crippen LogP contribution in [0.15, 0.2) is 0 Å². The normalized spacial score (nSPS) is 18.2. The van der Waals surface area contributed by atoms with Gasteiger partial charge in [-0.2, -0.15) is 12.6 Å². The molecule has 0 saturated carbocycles. The first-order chi connectivity index (χ1) is 13.8. The average Bonchev–Trinajstić information content (AvgIpc) is 2.64. The molecule has 0 aliphatic heterocycles. The first-order valence-electron chi connectivity index (χ1n) is 13.4. The van der Waals surface area contributed by atoms with E-state index in [0.717, 1.165) is 29.6 Å². The molecule has 0 heterocycles. The molecule has 0 spiro atoms. The predicted octanol–water partition coefficient (Wildman–Crippen LogP) is 10.2. The van der Waals surface area contributed by atoms with Gasteiger partial charge in [-0.05, 0) is 55.3 Å². The molecule has 0 aromatic heterocycles. The van der Waals surface area contributed by atoms with Crippen LogP contribution in [0.2, 0.25) is 0 Å². The van der Waals surface area contributed by atoms with Gasteiger partial charge in [-0.1, -0.05) is 114 Å². The van der Waals surface area contributed by atoms with Gasteiger partial charge >= 0.3 is 0 Å². The highest BCUT2D eigenvalue weighted by Crippen LogP contribution is 2.32. The minimum absolute atomic E-state index is 0.500. The number of rotatable bonds is 17. The molecule has 0 aromatic carbocycles. The van der Waals surface area contributed by atoms with Crippen molar-refractivity contribution in [2.24, 2.45) is 29.6 Å². The maximum Gasteiger partial charge on any atom is 0.0228 e. The van der Waals surface area contributed by atoms with Gasteiger partial charge in [-0.15, -0.1) is 0 Å². The molecule has 0 unspecified atom stereocenters. The van der Waals surface area contributed by atoms with E-state index in [2.05, 4.69) is 48.5 Å². The maximum absolute atomic E-state index is 6.21. The summed E-state index contributed by atoms with van der Waals surface area (Å²) in [6.07, 6.45) is 16.4. The second-order valence-corrected chi connectivity index (χ2v) is 10.3. The minimum atomic E-state index is 0.500. The standard InChI is InChI=1S/C25H52S.C2H6/c1-8-11-15-20(4)18-22(6)19-21(5)16-12-17-25(26)24(14-10-3)23(7)13-9-2;1-2/h20-26H,8-19H2,1-7H3;1-2H3/t20-,21-,22+,23+,24-,25-;/m0./s1/i;1D. The van der Waals surface area contributed by atoms with Crippen LogP contribution in [-0.4, -0.2) is 5.25 Å². The molecule has 0 aromatic rings. The quantitative estimate of drug-likeness (QED) is 0.224. The molecule has 0 rings (SSSR count). The van der Waals surface area contributed by atoms with Crippen molar-refractivity contribution in [1.82, 2.24) is 0 Å². The molecule has 1 heteroatoms. The molecule has 0 aliphatic carbocycles. The third-order valence-electron chi connectivity index (χ3n) is 6.45. The minimum Gasteiger partial charge on any atom is -0.176 e. The highest BCUT2D eigenvalue weighted by atomic mass is 32.1. The Morgan fingerprint density at radius 3 is 1.64 bits per heavy atom. The van der Waals surface area contributed by atoms with Crippen LogP contribution < -0.4 is 0 Å². The van der Waals surface area contributed by atoms with E-state index in [0.29, 0.717) is 12.1 Å². The van der Waals surface area contributed by atoms with Crippen molar-refractivity contribution in [3.8, 4) is 0 Å². The second kappa shape index (κ2) is 20.6. The summed E-state index contributed by atoms with van der Waals surface area (Å²) in [5.74, 6) is 4.33. The van der Waals surface area contributed by atoms with E-state index in [9.17, 15) is 0 Å². The lowest BCUT2D eigenvalue weighted by atomic mass is 9.81. The Hall–Kier alpha value is 0.350. The topological polar surface area (TPSA) is 0 Å². The summed E-state index contributed by atoms with van der Waals surface area (Å²) >= 11 is 5.04. The van der Waals surface area contributed by atoms with Gasteiger partial charge in [0.1, 0.15) is 0 Å². The Labute approximate surface area is 188 Å². The Morgan fingerprint density at radius 2 is 1.18 bits per heavy atom. The van der Waals surface area contributed by atoms with E-state index in [4.69, 9.17) is 14.0 Å². The highest BCUT2D eigenvalue weighted by molar-refractivity contribution is 7.81. The Kier molecular flexibility index (Phi) is 20.9. The van der Waals surface area contributed by atoms with Gasteiger partial charge in [-0.3, -0.25) is 0 Å². The molecule has 0 saturated heterocycles. The second-order valence-electron chi connectivity index (χ2n) is 9.65. The fraction of sp³-hybridized carbons (Fsp3) is 1.00. The number of hydrogen-bond acceptors (Lipinski definition) is 1. The monoisotopic (exact) mass is 415 g/mol. The predicted molar refractivity (Wildman–Crippen MR) is 137 cm³/mol. The van der Waals surface area contributed by atoms with Crippen molar-refractivity contribution in [2.45, 2.75) is 145 Å². The Balaban J connectivity index is 0. The Morgan fingerprint density at radius 1 is 0.679 bits per heavy atom. The Bertz CT molecular complexity index is 320. The first kappa shape index (κ1) is 28.4. The third-order valence-corrected chi connectivity index (χ3v) is 7.09. The molecule has 172 valence electrons. The van der Waals surface area contributed by atoms with E-state index in [-0.39, 0.29) is 0 Å². The molecule has 0 N–H and O–H groups in total. The van der Waals surface area contributed by atoms with E-state index in [1.807, 2.05) is 0 Å². The van der Waals surface area contributed by atoms with Crippen molar-refractivity contribution < 1.29 is 1.37 Å². The zero-order valence-corrected chi connectivity index (χ0v) is 22.0. The average molecular weight is 416 g/mol.